The molecule has 1 rings (SSSR count). The zero-order valence-corrected chi connectivity index (χ0v) is 10.5. The van der Waals surface area contributed by atoms with Crippen molar-refractivity contribution in [3.8, 4) is 0 Å². The molecule has 1 heterocycles. The third-order valence-corrected chi connectivity index (χ3v) is 3.22. The number of hydrogen-bond acceptors (Lipinski definition) is 5. The summed E-state index contributed by atoms with van der Waals surface area (Å²) in [6.07, 6.45) is -1.50. The van der Waals surface area contributed by atoms with Crippen LogP contribution in [0.1, 0.15) is 18.6 Å². The Morgan fingerprint density at radius 3 is 2.88 bits per heavy atom. The molecule has 2 unspecified atom stereocenters. The Morgan fingerprint density at radius 1 is 1.65 bits per heavy atom. The molecule has 94 valence electrons. The summed E-state index contributed by atoms with van der Waals surface area (Å²) < 4.78 is 12.9. The number of pyridine rings is 1. The molecule has 0 saturated heterocycles. The van der Waals surface area contributed by atoms with Crippen LogP contribution in [0.4, 0.5) is 4.39 Å². The number of aromatic nitrogens is 1. The molecule has 0 bridgehead atoms. The van der Waals surface area contributed by atoms with E-state index in [1.165, 1.54) is 6.92 Å². The fourth-order valence-electron chi connectivity index (χ4n) is 1.16. The minimum atomic E-state index is -1.35. The summed E-state index contributed by atoms with van der Waals surface area (Å²) in [5, 5.41) is 19.2. The summed E-state index contributed by atoms with van der Waals surface area (Å²) >= 11 is 6.59. The highest BCUT2D eigenvalue weighted by Gasteiger charge is 2.22. The van der Waals surface area contributed by atoms with Crippen molar-refractivity contribution in [3.05, 3.63) is 28.8 Å². The zero-order chi connectivity index (χ0) is 13.0. The zero-order valence-electron chi connectivity index (χ0n) is 8.93. The van der Waals surface area contributed by atoms with E-state index < -0.39 is 18.2 Å². The molecule has 7 heteroatoms. The molecule has 1 aromatic rings. The lowest BCUT2D eigenvalue weighted by Gasteiger charge is -2.18. The Bertz CT molecular complexity index is 419. The first-order valence-corrected chi connectivity index (χ1v) is 6.08. The average Bonchev–Trinajstić information content (AvgIpc) is 2.28. The lowest BCUT2D eigenvalue weighted by atomic mass is 10.1. The second kappa shape index (κ2) is 6.30. The van der Waals surface area contributed by atoms with Crippen LogP contribution in [0, 0.1) is 5.95 Å². The van der Waals surface area contributed by atoms with Crippen LogP contribution in [0.25, 0.3) is 0 Å². The van der Waals surface area contributed by atoms with E-state index in [2.05, 4.69) is 4.98 Å². The van der Waals surface area contributed by atoms with E-state index >= 15 is 0 Å². The van der Waals surface area contributed by atoms with Crippen LogP contribution in [0.15, 0.2) is 12.3 Å². The van der Waals surface area contributed by atoms with Crippen LogP contribution >= 0.6 is 23.4 Å². The molecule has 0 amide bonds. The lowest BCUT2D eigenvalue weighted by molar-refractivity contribution is -0.109. The number of aliphatic hydroxyl groups excluding tert-OH is 2. The van der Waals surface area contributed by atoms with E-state index in [0.29, 0.717) is 0 Å². The SMILES string of the molecule is CC(=O)SCC(O)C(O)c1cc(F)ncc1Cl. The predicted molar refractivity (Wildman–Crippen MR) is 63.3 cm³/mol. The summed E-state index contributed by atoms with van der Waals surface area (Å²) in [7, 11) is 0. The van der Waals surface area contributed by atoms with Crippen molar-refractivity contribution < 1.29 is 19.4 Å². The minimum Gasteiger partial charge on any atom is -0.389 e. The number of hydrogen-bond donors (Lipinski definition) is 2. The molecule has 17 heavy (non-hydrogen) atoms. The van der Waals surface area contributed by atoms with Crippen LogP contribution in [0.3, 0.4) is 0 Å². The van der Waals surface area contributed by atoms with Crippen molar-refractivity contribution in [2.24, 2.45) is 0 Å². The summed E-state index contributed by atoms with van der Waals surface area (Å²) in [6.45, 7) is 1.35. The molecule has 2 N–H and O–H groups in total. The number of rotatable bonds is 4. The van der Waals surface area contributed by atoms with Gasteiger partial charge in [-0.25, -0.2) is 4.98 Å². The highest BCUT2D eigenvalue weighted by Crippen LogP contribution is 2.26. The average molecular weight is 280 g/mol. The van der Waals surface area contributed by atoms with Crippen LogP contribution in [-0.2, 0) is 4.79 Å². The Hall–Kier alpha value is -0.690. The van der Waals surface area contributed by atoms with Crippen LogP contribution in [0.2, 0.25) is 5.02 Å². The van der Waals surface area contributed by atoms with E-state index in [1.54, 1.807) is 0 Å². The van der Waals surface area contributed by atoms with Gasteiger partial charge in [0.25, 0.3) is 0 Å². The van der Waals surface area contributed by atoms with Gasteiger partial charge < -0.3 is 10.2 Å². The lowest BCUT2D eigenvalue weighted by Crippen LogP contribution is -2.22. The molecule has 0 aliphatic heterocycles. The highest BCUT2D eigenvalue weighted by atomic mass is 35.5. The molecular weight excluding hydrogens is 269 g/mol. The van der Waals surface area contributed by atoms with Gasteiger partial charge in [0.1, 0.15) is 6.10 Å². The maximum absolute atomic E-state index is 12.9. The number of nitrogens with zero attached hydrogens (tertiary/aromatic N) is 1. The first-order chi connectivity index (χ1) is 7.91. The quantitative estimate of drug-likeness (QED) is 0.819. The number of halogens is 2. The van der Waals surface area contributed by atoms with Gasteiger partial charge in [0.05, 0.1) is 11.1 Å². The maximum Gasteiger partial charge on any atom is 0.213 e. The molecule has 0 aromatic carbocycles. The van der Waals surface area contributed by atoms with E-state index in [4.69, 9.17) is 11.6 Å². The normalized spacial score (nSPS) is 14.4. The van der Waals surface area contributed by atoms with Gasteiger partial charge in [-0.3, -0.25) is 4.79 Å². The summed E-state index contributed by atoms with van der Waals surface area (Å²) in [6, 6.07) is 0.953. The first-order valence-electron chi connectivity index (χ1n) is 4.72. The highest BCUT2D eigenvalue weighted by molar-refractivity contribution is 8.13. The smallest absolute Gasteiger partial charge is 0.213 e. The van der Waals surface area contributed by atoms with Gasteiger partial charge >= 0.3 is 0 Å². The monoisotopic (exact) mass is 279 g/mol. The summed E-state index contributed by atoms with van der Waals surface area (Å²) in [5.41, 5.74) is 0.0517. The number of aliphatic hydroxyl groups is 2. The van der Waals surface area contributed by atoms with Gasteiger partial charge in [-0.2, -0.15) is 4.39 Å². The first kappa shape index (κ1) is 14.4. The number of carbonyl (C=O) groups excluding carboxylic acids is 1. The molecule has 0 saturated carbocycles. The molecule has 0 aliphatic rings. The van der Waals surface area contributed by atoms with Gasteiger partial charge in [-0.1, -0.05) is 23.4 Å². The third-order valence-electron chi connectivity index (χ3n) is 1.99. The van der Waals surface area contributed by atoms with Crippen LogP contribution in [0.5, 0.6) is 0 Å². The third kappa shape index (κ3) is 4.23. The van der Waals surface area contributed by atoms with E-state index in [1.807, 2.05) is 0 Å². The van der Waals surface area contributed by atoms with Crippen molar-refractivity contribution >= 4 is 28.5 Å². The van der Waals surface area contributed by atoms with E-state index in [-0.39, 0.29) is 21.5 Å². The van der Waals surface area contributed by atoms with Gasteiger partial charge in [0.2, 0.25) is 5.95 Å². The molecular formula is C10H11ClFNO3S. The molecule has 4 nitrogen and oxygen atoms in total. The largest absolute Gasteiger partial charge is 0.389 e. The van der Waals surface area contributed by atoms with Crippen molar-refractivity contribution in [1.29, 1.82) is 0 Å². The van der Waals surface area contributed by atoms with Crippen molar-refractivity contribution in [3.63, 3.8) is 0 Å². The van der Waals surface area contributed by atoms with Gasteiger partial charge in [0, 0.05) is 30.5 Å². The molecule has 0 aliphatic carbocycles. The van der Waals surface area contributed by atoms with Gasteiger partial charge in [-0.05, 0) is 0 Å². The predicted octanol–water partition coefficient (Wildman–Crippen LogP) is 1.55. The molecule has 2 atom stereocenters. The minimum absolute atomic E-state index is 0.0107. The molecule has 0 spiro atoms. The van der Waals surface area contributed by atoms with Crippen molar-refractivity contribution in [2.45, 2.75) is 19.1 Å². The Kier molecular flexibility index (Phi) is 5.32. The fourth-order valence-corrected chi connectivity index (χ4v) is 1.96. The topological polar surface area (TPSA) is 70.4 Å². The Morgan fingerprint density at radius 2 is 2.29 bits per heavy atom. The van der Waals surface area contributed by atoms with Crippen LogP contribution in [-0.4, -0.2) is 32.2 Å². The number of thioether (sulfide) groups is 1. The van der Waals surface area contributed by atoms with Crippen LogP contribution < -0.4 is 0 Å². The van der Waals surface area contributed by atoms with E-state index in [0.717, 1.165) is 24.0 Å². The Labute approximate surface area is 107 Å². The van der Waals surface area contributed by atoms with Crippen molar-refractivity contribution in [1.82, 2.24) is 4.98 Å². The summed E-state index contributed by atoms with van der Waals surface area (Å²) in [5.74, 6) is -0.786. The molecule has 1 aromatic heterocycles. The Balaban J connectivity index is 2.77. The van der Waals surface area contributed by atoms with E-state index in [9.17, 15) is 19.4 Å². The number of carbonyl (C=O) groups is 1. The maximum atomic E-state index is 12.9. The second-order valence-corrected chi connectivity index (χ2v) is 4.95. The fraction of sp³-hybridized carbons (Fsp3) is 0.400. The van der Waals surface area contributed by atoms with Crippen molar-refractivity contribution in [2.75, 3.05) is 5.75 Å². The molecule has 0 radical (unpaired) electrons. The second-order valence-electron chi connectivity index (χ2n) is 3.34. The standard InChI is InChI=1S/C10H11ClFNO3S/c1-5(14)17-4-8(15)10(16)6-2-9(12)13-3-7(6)11/h2-3,8,10,15-16H,4H2,1H3. The summed E-state index contributed by atoms with van der Waals surface area (Å²) in [4.78, 5) is 14.0. The van der Waals surface area contributed by atoms with Gasteiger partial charge in [0.15, 0.2) is 5.12 Å². The van der Waals surface area contributed by atoms with Gasteiger partial charge in [-0.15, -0.1) is 0 Å². The molecule has 0 fully saturated rings.